The van der Waals surface area contributed by atoms with Crippen LogP contribution < -0.4 is 15.2 Å². The van der Waals surface area contributed by atoms with Crippen LogP contribution in [-0.2, 0) is 0 Å². The lowest BCUT2D eigenvalue weighted by Crippen LogP contribution is -1.95. The smallest absolute Gasteiger partial charge is 0.151 e. The Morgan fingerprint density at radius 1 is 1.05 bits per heavy atom. The van der Waals surface area contributed by atoms with Crippen LogP contribution in [0.2, 0.25) is 5.02 Å². The van der Waals surface area contributed by atoms with Gasteiger partial charge in [-0.05, 0) is 42.8 Å². The molecule has 100 valence electrons. The lowest BCUT2D eigenvalue weighted by Gasteiger charge is -2.10. The van der Waals surface area contributed by atoms with Gasteiger partial charge < -0.3 is 15.2 Å². The summed E-state index contributed by atoms with van der Waals surface area (Å²) in [5.74, 6) is 2.07. The molecule has 0 aliphatic carbocycles. The zero-order valence-electron chi connectivity index (χ0n) is 10.7. The molecule has 3 nitrogen and oxygen atoms in total. The van der Waals surface area contributed by atoms with E-state index in [4.69, 9.17) is 26.8 Å². The lowest BCUT2D eigenvalue weighted by atomic mass is 10.3. The van der Waals surface area contributed by atoms with E-state index in [1.165, 1.54) is 0 Å². The van der Waals surface area contributed by atoms with Crippen LogP contribution in [-0.4, -0.2) is 6.61 Å². The highest BCUT2D eigenvalue weighted by atomic mass is 35.5. The summed E-state index contributed by atoms with van der Waals surface area (Å²) in [7, 11) is 0. The van der Waals surface area contributed by atoms with Crippen LogP contribution in [0.3, 0.4) is 0 Å². The highest BCUT2D eigenvalue weighted by Crippen LogP contribution is 2.30. The third-order valence-electron chi connectivity index (χ3n) is 2.50. The van der Waals surface area contributed by atoms with Gasteiger partial charge in [0.2, 0.25) is 0 Å². The van der Waals surface area contributed by atoms with Gasteiger partial charge in [-0.3, -0.25) is 0 Å². The molecule has 2 aromatic rings. The summed E-state index contributed by atoms with van der Waals surface area (Å²) in [6, 6.07) is 12.5. The van der Waals surface area contributed by atoms with Crippen LogP contribution in [0.25, 0.3) is 0 Å². The molecule has 0 aliphatic rings. The summed E-state index contributed by atoms with van der Waals surface area (Å²) in [4.78, 5) is 0. The van der Waals surface area contributed by atoms with Crippen molar-refractivity contribution in [1.29, 1.82) is 0 Å². The molecular weight excluding hydrogens is 262 g/mol. The Balaban J connectivity index is 2.08. The fraction of sp³-hybridized carbons (Fsp3) is 0.200. The molecule has 0 amide bonds. The molecule has 0 saturated heterocycles. The number of nitrogen functional groups attached to an aromatic ring is 1. The third kappa shape index (κ3) is 3.80. The van der Waals surface area contributed by atoms with Gasteiger partial charge in [0.15, 0.2) is 5.75 Å². The van der Waals surface area contributed by atoms with Crippen molar-refractivity contribution < 1.29 is 9.47 Å². The molecule has 0 atom stereocenters. The van der Waals surface area contributed by atoms with Crippen molar-refractivity contribution in [3.63, 3.8) is 0 Å². The maximum atomic E-state index is 5.91. The van der Waals surface area contributed by atoms with E-state index in [-0.39, 0.29) is 0 Å². The number of ether oxygens (including phenoxy) is 2. The number of halogens is 1. The maximum absolute atomic E-state index is 5.91. The van der Waals surface area contributed by atoms with Crippen molar-refractivity contribution in [1.82, 2.24) is 0 Å². The SMILES string of the molecule is CCCOc1ccc(Oc2cc(Cl)ccc2N)cc1. The first-order valence-corrected chi connectivity index (χ1v) is 6.52. The van der Waals surface area contributed by atoms with Crippen molar-refractivity contribution in [2.75, 3.05) is 12.3 Å². The average molecular weight is 278 g/mol. The van der Waals surface area contributed by atoms with E-state index in [2.05, 4.69) is 6.92 Å². The Morgan fingerprint density at radius 3 is 2.42 bits per heavy atom. The number of anilines is 1. The van der Waals surface area contributed by atoms with Crippen molar-refractivity contribution >= 4 is 17.3 Å². The van der Waals surface area contributed by atoms with Gasteiger partial charge in [0.1, 0.15) is 11.5 Å². The molecule has 0 radical (unpaired) electrons. The van der Waals surface area contributed by atoms with Crippen molar-refractivity contribution in [2.24, 2.45) is 0 Å². The van der Waals surface area contributed by atoms with Gasteiger partial charge in [0.05, 0.1) is 12.3 Å². The second-order valence-electron chi connectivity index (χ2n) is 4.10. The molecule has 0 aliphatic heterocycles. The molecule has 0 aromatic heterocycles. The highest BCUT2D eigenvalue weighted by molar-refractivity contribution is 6.30. The second-order valence-corrected chi connectivity index (χ2v) is 4.54. The fourth-order valence-corrected chi connectivity index (χ4v) is 1.71. The predicted molar refractivity (Wildman–Crippen MR) is 78.2 cm³/mol. The molecule has 4 heteroatoms. The summed E-state index contributed by atoms with van der Waals surface area (Å²) < 4.78 is 11.2. The van der Waals surface area contributed by atoms with Crippen molar-refractivity contribution in [2.45, 2.75) is 13.3 Å². The Morgan fingerprint density at radius 2 is 1.74 bits per heavy atom. The number of rotatable bonds is 5. The summed E-state index contributed by atoms with van der Waals surface area (Å²) >= 11 is 5.91. The Bertz CT molecular complexity index is 540. The van der Waals surface area contributed by atoms with Gasteiger partial charge in [-0.1, -0.05) is 18.5 Å². The Kier molecular flexibility index (Phi) is 4.53. The van der Waals surface area contributed by atoms with Gasteiger partial charge in [0.25, 0.3) is 0 Å². The molecule has 0 fully saturated rings. The summed E-state index contributed by atoms with van der Waals surface area (Å²) in [5, 5.41) is 0.590. The standard InChI is InChI=1S/C15H16ClNO2/c1-2-9-18-12-4-6-13(7-5-12)19-15-10-11(16)3-8-14(15)17/h3-8,10H,2,9,17H2,1H3. The van der Waals surface area contributed by atoms with Gasteiger partial charge in [0, 0.05) is 11.1 Å². The topological polar surface area (TPSA) is 44.5 Å². The van der Waals surface area contributed by atoms with E-state index in [0.717, 1.165) is 12.2 Å². The summed E-state index contributed by atoms with van der Waals surface area (Å²) in [5.41, 5.74) is 6.38. The van der Waals surface area contributed by atoms with Crippen molar-refractivity contribution in [3.8, 4) is 17.2 Å². The van der Waals surface area contributed by atoms with Crippen LogP contribution >= 0.6 is 11.6 Å². The minimum atomic E-state index is 0.551. The van der Waals surface area contributed by atoms with Crippen LogP contribution in [0.4, 0.5) is 5.69 Å². The monoisotopic (exact) mass is 277 g/mol. The number of benzene rings is 2. The largest absolute Gasteiger partial charge is 0.494 e. The first-order valence-electron chi connectivity index (χ1n) is 6.15. The first kappa shape index (κ1) is 13.6. The van der Waals surface area contributed by atoms with Gasteiger partial charge >= 0.3 is 0 Å². The van der Waals surface area contributed by atoms with E-state index < -0.39 is 0 Å². The van der Waals surface area contributed by atoms with Gasteiger partial charge in [-0.25, -0.2) is 0 Å². The zero-order chi connectivity index (χ0) is 13.7. The quantitative estimate of drug-likeness (QED) is 0.818. The molecule has 0 spiro atoms. The second kappa shape index (κ2) is 6.34. The van der Waals surface area contributed by atoms with Crippen LogP contribution in [0.15, 0.2) is 42.5 Å². The number of nitrogens with two attached hydrogens (primary N) is 1. The molecule has 0 saturated carbocycles. The van der Waals surface area contributed by atoms with Crippen molar-refractivity contribution in [3.05, 3.63) is 47.5 Å². The maximum Gasteiger partial charge on any atom is 0.151 e. The molecule has 2 rings (SSSR count). The normalized spacial score (nSPS) is 10.2. The summed E-state index contributed by atoms with van der Waals surface area (Å²) in [6.45, 7) is 2.78. The molecule has 0 heterocycles. The minimum absolute atomic E-state index is 0.551. The Hall–Kier alpha value is -1.87. The van der Waals surface area contributed by atoms with Crippen LogP contribution in [0.1, 0.15) is 13.3 Å². The van der Waals surface area contributed by atoms with E-state index in [1.54, 1.807) is 18.2 Å². The van der Waals surface area contributed by atoms with E-state index in [1.807, 2.05) is 24.3 Å². The fourth-order valence-electron chi connectivity index (χ4n) is 1.55. The molecule has 0 unspecified atom stereocenters. The number of hydrogen-bond donors (Lipinski definition) is 1. The summed E-state index contributed by atoms with van der Waals surface area (Å²) in [6.07, 6.45) is 0.983. The van der Waals surface area contributed by atoms with Crippen LogP contribution in [0.5, 0.6) is 17.2 Å². The first-order chi connectivity index (χ1) is 9.19. The average Bonchev–Trinajstić information content (AvgIpc) is 2.42. The van der Waals surface area contributed by atoms with Gasteiger partial charge in [-0.15, -0.1) is 0 Å². The molecule has 2 N–H and O–H groups in total. The molecule has 19 heavy (non-hydrogen) atoms. The molecular formula is C15H16ClNO2. The van der Waals surface area contributed by atoms with E-state index in [0.29, 0.717) is 28.8 Å². The number of hydrogen-bond acceptors (Lipinski definition) is 3. The zero-order valence-corrected chi connectivity index (χ0v) is 11.5. The van der Waals surface area contributed by atoms with Gasteiger partial charge in [-0.2, -0.15) is 0 Å². The highest BCUT2D eigenvalue weighted by Gasteiger charge is 2.03. The van der Waals surface area contributed by atoms with E-state index >= 15 is 0 Å². The lowest BCUT2D eigenvalue weighted by molar-refractivity contribution is 0.317. The molecule has 0 bridgehead atoms. The third-order valence-corrected chi connectivity index (χ3v) is 2.74. The Labute approximate surface area is 117 Å². The predicted octanol–water partition coefficient (Wildman–Crippen LogP) is 4.50. The van der Waals surface area contributed by atoms with E-state index in [9.17, 15) is 0 Å². The van der Waals surface area contributed by atoms with Crippen LogP contribution in [0, 0.1) is 0 Å². The minimum Gasteiger partial charge on any atom is -0.494 e. The molecule has 2 aromatic carbocycles.